The van der Waals surface area contributed by atoms with E-state index in [-0.39, 0.29) is 0 Å². The van der Waals surface area contributed by atoms with Crippen molar-refractivity contribution in [1.29, 1.82) is 0 Å². The van der Waals surface area contributed by atoms with E-state index in [0.29, 0.717) is 34.0 Å². The standard InChI is InChI=1S/C17H36/c1-12(2)16(8,9)14(15(5,6)7)17(10,11)13(3)4/h12-14H,1-11H3. The quantitative estimate of drug-likeness (QED) is 0.564. The van der Waals surface area contributed by atoms with Crippen molar-refractivity contribution in [1.82, 2.24) is 0 Å². The highest BCUT2D eigenvalue weighted by Gasteiger charge is 2.49. The highest BCUT2D eigenvalue weighted by molar-refractivity contribution is 4.97. The largest absolute Gasteiger partial charge is 0.0623 e. The summed E-state index contributed by atoms with van der Waals surface area (Å²) in [6.45, 7) is 26.5. The van der Waals surface area contributed by atoms with Crippen LogP contribution in [0.2, 0.25) is 0 Å². The lowest BCUT2D eigenvalue weighted by Gasteiger charge is -2.55. The Labute approximate surface area is 111 Å². The molecule has 0 aromatic heterocycles. The summed E-state index contributed by atoms with van der Waals surface area (Å²) in [5, 5.41) is 0. The highest BCUT2D eigenvalue weighted by atomic mass is 14.5. The van der Waals surface area contributed by atoms with Crippen LogP contribution in [-0.2, 0) is 0 Å². The van der Waals surface area contributed by atoms with E-state index in [0.717, 1.165) is 0 Å². The van der Waals surface area contributed by atoms with E-state index >= 15 is 0 Å². The zero-order chi connectivity index (χ0) is 14.2. The maximum Gasteiger partial charge on any atom is -0.0258 e. The zero-order valence-electron chi connectivity index (χ0n) is 14.2. The van der Waals surface area contributed by atoms with Crippen LogP contribution in [0.15, 0.2) is 0 Å². The van der Waals surface area contributed by atoms with Gasteiger partial charge in [0.05, 0.1) is 0 Å². The molecule has 0 aromatic carbocycles. The lowest BCUT2D eigenvalue weighted by molar-refractivity contribution is -0.0660. The molecule has 0 aliphatic rings. The molecule has 0 N–H and O–H groups in total. The van der Waals surface area contributed by atoms with Gasteiger partial charge in [0.25, 0.3) is 0 Å². The van der Waals surface area contributed by atoms with Gasteiger partial charge in [-0.25, -0.2) is 0 Å². The summed E-state index contributed by atoms with van der Waals surface area (Å²) in [7, 11) is 0. The molecule has 0 rings (SSSR count). The van der Waals surface area contributed by atoms with Crippen molar-refractivity contribution in [2.24, 2.45) is 34.0 Å². The van der Waals surface area contributed by atoms with E-state index in [1.807, 2.05) is 0 Å². The number of hydrogen-bond donors (Lipinski definition) is 0. The second-order valence-electron chi connectivity index (χ2n) is 8.75. The van der Waals surface area contributed by atoms with Crippen molar-refractivity contribution in [3.05, 3.63) is 0 Å². The van der Waals surface area contributed by atoms with E-state index in [4.69, 9.17) is 0 Å². The van der Waals surface area contributed by atoms with Gasteiger partial charge in [0.15, 0.2) is 0 Å². The van der Waals surface area contributed by atoms with Crippen molar-refractivity contribution < 1.29 is 0 Å². The van der Waals surface area contributed by atoms with Crippen LogP contribution in [0.1, 0.15) is 76.2 Å². The smallest absolute Gasteiger partial charge is 0.0258 e. The first-order chi connectivity index (χ1) is 7.25. The minimum absolute atomic E-state index is 0.349. The topological polar surface area (TPSA) is 0 Å². The first-order valence-electron chi connectivity index (χ1n) is 7.25. The monoisotopic (exact) mass is 240 g/mol. The molecule has 0 fully saturated rings. The molecule has 17 heavy (non-hydrogen) atoms. The van der Waals surface area contributed by atoms with Crippen molar-refractivity contribution in [3.8, 4) is 0 Å². The fraction of sp³-hybridized carbons (Fsp3) is 1.00. The third-order valence-corrected chi connectivity index (χ3v) is 5.33. The van der Waals surface area contributed by atoms with Crippen LogP contribution in [-0.4, -0.2) is 0 Å². The van der Waals surface area contributed by atoms with Crippen LogP contribution in [0.5, 0.6) is 0 Å². The van der Waals surface area contributed by atoms with Gasteiger partial charge in [-0.05, 0) is 34.0 Å². The molecule has 0 aliphatic carbocycles. The van der Waals surface area contributed by atoms with E-state index in [1.54, 1.807) is 0 Å². The zero-order valence-corrected chi connectivity index (χ0v) is 14.2. The van der Waals surface area contributed by atoms with Gasteiger partial charge in [-0.3, -0.25) is 0 Å². The second kappa shape index (κ2) is 4.94. The summed E-state index contributed by atoms with van der Waals surface area (Å²) in [6, 6.07) is 0. The van der Waals surface area contributed by atoms with Crippen LogP contribution >= 0.6 is 0 Å². The summed E-state index contributed by atoms with van der Waals surface area (Å²) < 4.78 is 0. The predicted octanol–water partition coefficient (Wildman–Crippen LogP) is 6.01. The Kier molecular flexibility index (Phi) is 4.94. The third-order valence-electron chi connectivity index (χ3n) is 5.33. The van der Waals surface area contributed by atoms with Gasteiger partial charge in [0.2, 0.25) is 0 Å². The van der Waals surface area contributed by atoms with Crippen molar-refractivity contribution >= 4 is 0 Å². The lowest BCUT2D eigenvalue weighted by atomic mass is 9.50. The predicted molar refractivity (Wildman–Crippen MR) is 80.2 cm³/mol. The molecular weight excluding hydrogens is 204 g/mol. The summed E-state index contributed by atoms with van der Waals surface area (Å²) in [4.78, 5) is 0. The van der Waals surface area contributed by atoms with Gasteiger partial charge in [0, 0.05) is 0 Å². The van der Waals surface area contributed by atoms with Gasteiger partial charge in [-0.1, -0.05) is 76.2 Å². The molecule has 0 bridgehead atoms. The van der Waals surface area contributed by atoms with Crippen LogP contribution in [0.25, 0.3) is 0 Å². The molecule has 0 heteroatoms. The Balaban J connectivity index is 5.62. The molecule has 0 aliphatic heterocycles. The van der Waals surface area contributed by atoms with E-state index in [2.05, 4.69) is 76.2 Å². The SMILES string of the molecule is CC(C)C(C)(C)C(C(C)(C)C)C(C)(C)C(C)C. The molecule has 0 radical (unpaired) electrons. The number of rotatable bonds is 4. The van der Waals surface area contributed by atoms with Gasteiger partial charge in [0.1, 0.15) is 0 Å². The van der Waals surface area contributed by atoms with Crippen molar-refractivity contribution in [2.45, 2.75) is 76.2 Å². The second-order valence-corrected chi connectivity index (χ2v) is 8.75. The third kappa shape index (κ3) is 3.48. The molecule has 0 amide bonds. The molecule has 0 spiro atoms. The van der Waals surface area contributed by atoms with Crippen LogP contribution in [0.3, 0.4) is 0 Å². The van der Waals surface area contributed by atoms with Crippen LogP contribution in [0.4, 0.5) is 0 Å². The Hall–Kier alpha value is 0. The van der Waals surface area contributed by atoms with Gasteiger partial charge in [-0.15, -0.1) is 0 Å². The average Bonchev–Trinajstić information content (AvgIpc) is 1.98. The Morgan fingerprint density at radius 1 is 0.529 bits per heavy atom. The van der Waals surface area contributed by atoms with E-state index in [1.165, 1.54) is 0 Å². The Morgan fingerprint density at radius 2 is 0.765 bits per heavy atom. The van der Waals surface area contributed by atoms with Crippen molar-refractivity contribution in [3.63, 3.8) is 0 Å². The summed E-state index contributed by atoms with van der Waals surface area (Å²) in [5.74, 6) is 2.14. The van der Waals surface area contributed by atoms with Gasteiger partial charge < -0.3 is 0 Å². The maximum absolute atomic E-state index is 2.46. The summed E-state index contributed by atoms with van der Waals surface area (Å²) in [6.07, 6.45) is 0. The van der Waals surface area contributed by atoms with E-state index < -0.39 is 0 Å². The molecule has 104 valence electrons. The molecule has 0 unspecified atom stereocenters. The number of hydrogen-bond acceptors (Lipinski definition) is 0. The first-order valence-corrected chi connectivity index (χ1v) is 7.25. The molecule has 0 saturated carbocycles. The molecular formula is C17H36. The Morgan fingerprint density at radius 3 is 0.882 bits per heavy atom. The first kappa shape index (κ1) is 17.0. The van der Waals surface area contributed by atoms with Crippen LogP contribution < -0.4 is 0 Å². The summed E-state index contributed by atoms with van der Waals surface area (Å²) >= 11 is 0. The molecule has 0 atom stereocenters. The lowest BCUT2D eigenvalue weighted by Crippen LogP contribution is -2.48. The van der Waals surface area contributed by atoms with E-state index in [9.17, 15) is 0 Å². The Bertz CT molecular complexity index is 215. The molecule has 0 heterocycles. The normalized spacial score (nSPS) is 15.2. The minimum atomic E-state index is 0.349. The van der Waals surface area contributed by atoms with Crippen molar-refractivity contribution in [2.75, 3.05) is 0 Å². The molecule has 0 nitrogen and oxygen atoms in total. The highest BCUT2D eigenvalue weighted by Crippen LogP contribution is 2.55. The van der Waals surface area contributed by atoms with Gasteiger partial charge >= 0.3 is 0 Å². The average molecular weight is 240 g/mol. The minimum Gasteiger partial charge on any atom is -0.0623 e. The maximum atomic E-state index is 2.46. The molecule has 0 aromatic rings. The van der Waals surface area contributed by atoms with Crippen LogP contribution in [0, 0.1) is 34.0 Å². The summed E-state index contributed by atoms with van der Waals surface area (Å²) in [5.41, 5.74) is 1.08. The molecule has 0 saturated heterocycles. The fourth-order valence-electron chi connectivity index (χ4n) is 3.86. The fourth-order valence-corrected chi connectivity index (χ4v) is 3.86. The van der Waals surface area contributed by atoms with Gasteiger partial charge in [-0.2, -0.15) is 0 Å².